The lowest BCUT2D eigenvalue weighted by molar-refractivity contribution is -0.125. The molecule has 2 heterocycles. The van der Waals surface area contributed by atoms with E-state index in [4.69, 9.17) is 11.6 Å². The second kappa shape index (κ2) is 5.82. The van der Waals surface area contributed by atoms with Gasteiger partial charge in [-0.05, 0) is 36.6 Å². The molecular weight excluding hydrogens is 330 g/mol. The highest BCUT2D eigenvalue weighted by Gasteiger charge is 2.34. The van der Waals surface area contributed by atoms with Crippen molar-refractivity contribution in [2.75, 3.05) is 17.3 Å². The number of benzene rings is 1. The fourth-order valence-electron chi connectivity index (χ4n) is 2.81. The third-order valence-corrected chi connectivity index (χ3v) is 7.06. The zero-order valence-corrected chi connectivity index (χ0v) is 13.7. The minimum absolute atomic E-state index is 0.0251. The van der Waals surface area contributed by atoms with Gasteiger partial charge in [-0.25, -0.2) is 8.42 Å². The molecule has 114 valence electrons. The lowest BCUT2D eigenvalue weighted by Crippen LogP contribution is -2.35. The average molecular weight is 346 g/mol. The van der Waals surface area contributed by atoms with Crippen molar-refractivity contribution in [1.29, 1.82) is 0 Å². The van der Waals surface area contributed by atoms with Gasteiger partial charge in [0.1, 0.15) is 0 Å². The highest BCUT2D eigenvalue weighted by atomic mass is 35.5. The summed E-state index contributed by atoms with van der Waals surface area (Å²) < 4.78 is 23.0. The number of hydrogen-bond donors (Lipinski definition) is 1. The molecule has 1 aromatic carbocycles. The molecule has 2 atom stereocenters. The van der Waals surface area contributed by atoms with E-state index in [9.17, 15) is 13.2 Å². The summed E-state index contributed by atoms with van der Waals surface area (Å²) in [5.41, 5.74) is 1.04. The van der Waals surface area contributed by atoms with Crippen molar-refractivity contribution >= 4 is 39.1 Å². The van der Waals surface area contributed by atoms with Gasteiger partial charge in [-0.2, -0.15) is 0 Å². The summed E-state index contributed by atoms with van der Waals surface area (Å²) in [7, 11) is -3.03. The molecule has 1 amide bonds. The van der Waals surface area contributed by atoms with Crippen LogP contribution >= 0.6 is 23.4 Å². The van der Waals surface area contributed by atoms with Crippen molar-refractivity contribution in [1.82, 2.24) is 5.32 Å². The first-order valence-electron chi connectivity index (χ1n) is 6.88. The molecule has 21 heavy (non-hydrogen) atoms. The number of thioether (sulfide) groups is 1. The number of fused-ring (bicyclic) bond motifs is 1. The Morgan fingerprint density at radius 3 is 2.86 bits per heavy atom. The summed E-state index contributed by atoms with van der Waals surface area (Å²) >= 11 is 7.80. The van der Waals surface area contributed by atoms with Crippen LogP contribution in [0.3, 0.4) is 0 Å². The molecule has 1 N–H and O–H groups in total. The smallest absolute Gasteiger partial charge is 0.224 e. The fourth-order valence-corrected chi connectivity index (χ4v) is 5.83. The predicted molar refractivity (Wildman–Crippen MR) is 84.4 cm³/mol. The molecule has 0 saturated carbocycles. The maximum Gasteiger partial charge on any atom is 0.224 e. The largest absolute Gasteiger partial charge is 0.349 e. The number of amides is 1. The minimum Gasteiger partial charge on any atom is -0.349 e. The lowest BCUT2D eigenvalue weighted by Gasteiger charge is -2.27. The SMILES string of the molecule is O=C(N[C@@H]1CCSc2ccc(Cl)cc21)[C@H]1CCS(=O)(=O)C1. The number of rotatable bonds is 2. The number of hydrogen-bond acceptors (Lipinski definition) is 4. The Kier molecular flexibility index (Phi) is 4.21. The van der Waals surface area contributed by atoms with E-state index in [0.717, 1.165) is 22.6 Å². The van der Waals surface area contributed by atoms with Gasteiger partial charge in [0.05, 0.1) is 23.5 Å². The molecule has 1 saturated heterocycles. The molecule has 1 fully saturated rings. The van der Waals surface area contributed by atoms with Crippen molar-refractivity contribution < 1.29 is 13.2 Å². The molecule has 0 aromatic heterocycles. The molecular formula is C14H16ClNO3S2. The third-order valence-electron chi connectivity index (χ3n) is 3.93. The minimum atomic E-state index is -3.03. The quantitative estimate of drug-likeness (QED) is 0.894. The van der Waals surface area contributed by atoms with Gasteiger partial charge in [0.2, 0.25) is 5.91 Å². The zero-order chi connectivity index (χ0) is 15.0. The van der Waals surface area contributed by atoms with Crippen LogP contribution in [0.25, 0.3) is 0 Å². The molecule has 0 bridgehead atoms. The maximum atomic E-state index is 12.3. The van der Waals surface area contributed by atoms with Gasteiger partial charge in [-0.1, -0.05) is 11.6 Å². The molecule has 7 heteroatoms. The predicted octanol–water partition coefficient (Wildman–Crippen LogP) is 2.43. The van der Waals surface area contributed by atoms with Gasteiger partial charge in [0.15, 0.2) is 9.84 Å². The fraction of sp³-hybridized carbons (Fsp3) is 0.500. The van der Waals surface area contributed by atoms with Crippen LogP contribution in [0.5, 0.6) is 0 Å². The Morgan fingerprint density at radius 2 is 2.14 bits per heavy atom. The van der Waals surface area contributed by atoms with E-state index in [0.29, 0.717) is 11.4 Å². The van der Waals surface area contributed by atoms with Crippen molar-refractivity contribution in [3.63, 3.8) is 0 Å². The van der Waals surface area contributed by atoms with E-state index in [-0.39, 0.29) is 23.5 Å². The number of nitrogens with one attached hydrogen (secondary N) is 1. The average Bonchev–Trinajstić information content (AvgIpc) is 2.80. The molecule has 2 aliphatic heterocycles. The van der Waals surface area contributed by atoms with Crippen LogP contribution in [0, 0.1) is 5.92 Å². The van der Waals surface area contributed by atoms with Crippen molar-refractivity contribution in [2.24, 2.45) is 5.92 Å². The number of carbonyl (C=O) groups excluding carboxylic acids is 1. The van der Waals surface area contributed by atoms with E-state index < -0.39 is 15.8 Å². The Labute approximate surface area is 133 Å². The van der Waals surface area contributed by atoms with E-state index in [1.54, 1.807) is 11.8 Å². The van der Waals surface area contributed by atoms with Crippen molar-refractivity contribution in [3.05, 3.63) is 28.8 Å². The van der Waals surface area contributed by atoms with Gasteiger partial charge in [-0.3, -0.25) is 4.79 Å². The van der Waals surface area contributed by atoms with Crippen LogP contribution in [-0.2, 0) is 14.6 Å². The van der Waals surface area contributed by atoms with Crippen LogP contribution in [0.15, 0.2) is 23.1 Å². The van der Waals surface area contributed by atoms with Gasteiger partial charge in [-0.15, -0.1) is 11.8 Å². The lowest BCUT2D eigenvalue weighted by atomic mass is 10.0. The topological polar surface area (TPSA) is 63.2 Å². The van der Waals surface area contributed by atoms with Gasteiger partial charge < -0.3 is 5.32 Å². The summed E-state index contributed by atoms with van der Waals surface area (Å²) in [5, 5.41) is 3.66. The Balaban J connectivity index is 1.75. The van der Waals surface area contributed by atoms with Crippen molar-refractivity contribution in [2.45, 2.75) is 23.8 Å². The van der Waals surface area contributed by atoms with Gasteiger partial charge >= 0.3 is 0 Å². The first-order valence-corrected chi connectivity index (χ1v) is 10.1. The standard InChI is InChI=1S/C14H16ClNO3S2/c15-10-1-2-13-11(7-10)12(3-5-20-13)16-14(17)9-4-6-21(18,19)8-9/h1-2,7,9,12H,3-6,8H2,(H,16,17)/t9-,12+/m0/s1. The monoisotopic (exact) mass is 345 g/mol. The Bertz CT molecular complexity index is 675. The Morgan fingerprint density at radius 1 is 1.33 bits per heavy atom. The highest BCUT2D eigenvalue weighted by molar-refractivity contribution is 7.99. The number of halogens is 1. The second-order valence-electron chi connectivity index (χ2n) is 5.48. The first kappa shape index (κ1) is 15.2. The molecule has 0 radical (unpaired) electrons. The second-order valence-corrected chi connectivity index (χ2v) is 9.28. The number of sulfone groups is 1. The molecule has 0 spiro atoms. The van der Waals surface area contributed by atoms with Gasteiger partial charge in [0, 0.05) is 15.7 Å². The zero-order valence-electron chi connectivity index (χ0n) is 11.3. The first-order chi connectivity index (χ1) is 9.94. The van der Waals surface area contributed by atoms with E-state index in [1.807, 2.05) is 18.2 Å². The normalized spacial score (nSPS) is 27.1. The molecule has 3 rings (SSSR count). The highest BCUT2D eigenvalue weighted by Crippen LogP contribution is 2.37. The van der Waals surface area contributed by atoms with Crippen LogP contribution in [0.1, 0.15) is 24.4 Å². The summed E-state index contributed by atoms with van der Waals surface area (Å²) in [4.78, 5) is 13.4. The van der Waals surface area contributed by atoms with E-state index in [2.05, 4.69) is 5.32 Å². The van der Waals surface area contributed by atoms with Crippen molar-refractivity contribution in [3.8, 4) is 0 Å². The third kappa shape index (κ3) is 3.38. The molecule has 4 nitrogen and oxygen atoms in total. The molecule has 0 aliphatic carbocycles. The summed E-state index contributed by atoms with van der Waals surface area (Å²) in [5.74, 6) is 0.463. The molecule has 2 aliphatic rings. The maximum absolute atomic E-state index is 12.3. The van der Waals surface area contributed by atoms with Crippen LogP contribution in [-0.4, -0.2) is 31.6 Å². The summed E-state index contributed by atoms with van der Waals surface area (Å²) in [6.07, 6.45) is 1.27. The summed E-state index contributed by atoms with van der Waals surface area (Å²) in [6, 6.07) is 5.64. The number of carbonyl (C=O) groups is 1. The molecule has 1 aromatic rings. The van der Waals surface area contributed by atoms with E-state index in [1.165, 1.54) is 0 Å². The van der Waals surface area contributed by atoms with Crippen LogP contribution in [0.4, 0.5) is 0 Å². The van der Waals surface area contributed by atoms with Crippen LogP contribution < -0.4 is 5.32 Å². The Hall–Kier alpha value is -0.720. The van der Waals surface area contributed by atoms with Crippen LogP contribution in [0.2, 0.25) is 5.02 Å². The van der Waals surface area contributed by atoms with Gasteiger partial charge in [0.25, 0.3) is 0 Å². The van der Waals surface area contributed by atoms with E-state index >= 15 is 0 Å². The summed E-state index contributed by atoms with van der Waals surface area (Å²) in [6.45, 7) is 0. The molecule has 0 unspecified atom stereocenters.